The summed E-state index contributed by atoms with van der Waals surface area (Å²) in [6, 6.07) is 1.70. The second-order valence-corrected chi connectivity index (χ2v) is 3.69. The second kappa shape index (κ2) is 9.09. The molecule has 1 heterocycles. The highest BCUT2D eigenvalue weighted by Gasteiger charge is 2.02. The number of carbonyl (C=O) groups is 1. The zero-order valence-corrected chi connectivity index (χ0v) is 11.3. The molecular weight excluding hydrogens is 248 g/mol. The molecule has 0 spiro atoms. The second-order valence-electron chi connectivity index (χ2n) is 3.69. The SMILES string of the molecule is CCOc1cc(NCCC(=O)NCCOC)ncn1. The molecule has 1 aromatic rings. The third kappa shape index (κ3) is 6.56. The van der Waals surface area contributed by atoms with Crippen LogP contribution in [0.1, 0.15) is 13.3 Å². The van der Waals surface area contributed by atoms with Crippen molar-refractivity contribution in [3.05, 3.63) is 12.4 Å². The Kier molecular flexibility index (Phi) is 7.26. The molecule has 0 aliphatic carbocycles. The number of ether oxygens (including phenoxy) is 2. The van der Waals surface area contributed by atoms with Crippen LogP contribution in [0.4, 0.5) is 5.82 Å². The molecule has 0 saturated carbocycles. The number of nitrogens with zero attached hydrogens (tertiary/aromatic N) is 2. The quantitative estimate of drug-likeness (QED) is 0.632. The number of hydrogen-bond acceptors (Lipinski definition) is 6. The molecule has 1 rings (SSSR count). The number of rotatable bonds is 9. The lowest BCUT2D eigenvalue weighted by atomic mass is 10.4. The van der Waals surface area contributed by atoms with E-state index < -0.39 is 0 Å². The van der Waals surface area contributed by atoms with E-state index in [-0.39, 0.29) is 5.91 Å². The van der Waals surface area contributed by atoms with Crippen LogP contribution in [0.2, 0.25) is 0 Å². The number of aromatic nitrogens is 2. The van der Waals surface area contributed by atoms with Crippen LogP contribution in [0.25, 0.3) is 0 Å². The van der Waals surface area contributed by atoms with Crippen molar-refractivity contribution in [3.8, 4) is 5.88 Å². The van der Waals surface area contributed by atoms with Crippen LogP contribution < -0.4 is 15.4 Å². The van der Waals surface area contributed by atoms with Crippen molar-refractivity contribution in [1.82, 2.24) is 15.3 Å². The minimum absolute atomic E-state index is 0.0244. The van der Waals surface area contributed by atoms with Gasteiger partial charge in [-0.25, -0.2) is 9.97 Å². The lowest BCUT2D eigenvalue weighted by Crippen LogP contribution is -2.28. The predicted molar refractivity (Wildman–Crippen MR) is 71.2 cm³/mol. The maximum absolute atomic E-state index is 11.4. The first-order chi connectivity index (χ1) is 9.26. The third-order valence-corrected chi connectivity index (χ3v) is 2.22. The minimum Gasteiger partial charge on any atom is -0.478 e. The molecule has 7 nitrogen and oxygen atoms in total. The van der Waals surface area contributed by atoms with Crippen molar-refractivity contribution in [2.24, 2.45) is 0 Å². The summed E-state index contributed by atoms with van der Waals surface area (Å²) in [7, 11) is 1.60. The Balaban J connectivity index is 2.24. The first-order valence-corrected chi connectivity index (χ1v) is 6.20. The fourth-order valence-electron chi connectivity index (χ4n) is 1.35. The molecule has 0 radical (unpaired) electrons. The smallest absolute Gasteiger partial charge is 0.221 e. The summed E-state index contributed by atoms with van der Waals surface area (Å²) >= 11 is 0. The van der Waals surface area contributed by atoms with E-state index in [1.807, 2.05) is 6.92 Å². The average molecular weight is 268 g/mol. The first kappa shape index (κ1) is 15.2. The molecule has 0 aromatic carbocycles. The molecule has 106 valence electrons. The molecule has 0 saturated heterocycles. The van der Waals surface area contributed by atoms with Crippen LogP contribution in [0.15, 0.2) is 12.4 Å². The van der Waals surface area contributed by atoms with E-state index in [1.165, 1.54) is 6.33 Å². The highest BCUT2D eigenvalue weighted by molar-refractivity contribution is 5.76. The maximum Gasteiger partial charge on any atom is 0.221 e. The number of anilines is 1. The van der Waals surface area contributed by atoms with Gasteiger partial charge in [-0.15, -0.1) is 0 Å². The van der Waals surface area contributed by atoms with Crippen LogP contribution in [0, 0.1) is 0 Å². The summed E-state index contributed by atoms with van der Waals surface area (Å²) in [5, 5.41) is 5.78. The summed E-state index contributed by atoms with van der Waals surface area (Å²) in [5.74, 6) is 1.14. The van der Waals surface area contributed by atoms with Crippen molar-refractivity contribution in [2.45, 2.75) is 13.3 Å². The van der Waals surface area contributed by atoms with Gasteiger partial charge in [0.15, 0.2) is 0 Å². The van der Waals surface area contributed by atoms with Crippen molar-refractivity contribution in [1.29, 1.82) is 0 Å². The molecule has 1 amide bonds. The van der Waals surface area contributed by atoms with E-state index in [4.69, 9.17) is 9.47 Å². The number of carbonyl (C=O) groups excluding carboxylic acids is 1. The Bertz CT molecular complexity index is 387. The molecule has 0 fully saturated rings. The Morgan fingerprint density at radius 2 is 2.21 bits per heavy atom. The zero-order valence-electron chi connectivity index (χ0n) is 11.3. The highest BCUT2D eigenvalue weighted by atomic mass is 16.5. The average Bonchev–Trinajstić information content (AvgIpc) is 2.40. The predicted octanol–water partition coefficient (Wildman–Crippen LogP) is 0.440. The Labute approximate surface area is 112 Å². The number of methoxy groups -OCH3 is 1. The van der Waals surface area contributed by atoms with Gasteiger partial charge in [-0.2, -0.15) is 0 Å². The molecule has 0 unspecified atom stereocenters. The highest BCUT2D eigenvalue weighted by Crippen LogP contribution is 2.10. The maximum atomic E-state index is 11.4. The van der Waals surface area contributed by atoms with Gasteiger partial charge in [-0.05, 0) is 6.92 Å². The van der Waals surface area contributed by atoms with E-state index in [0.29, 0.717) is 44.4 Å². The van der Waals surface area contributed by atoms with Crippen molar-refractivity contribution >= 4 is 11.7 Å². The molecule has 2 N–H and O–H groups in total. The molecular formula is C12H20N4O3. The molecule has 1 aromatic heterocycles. The Morgan fingerprint density at radius 3 is 2.95 bits per heavy atom. The summed E-state index contributed by atoms with van der Waals surface area (Å²) < 4.78 is 10.1. The lowest BCUT2D eigenvalue weighted by molar-refractivity contribution is -0.121. The van der Waals surface area contributed by atoms with E-state index in [2.05, 4.69) is 20.6 Å². The molecule has 7 heteroatoms. The number of hydrogen-bond donors (Lipinski definition) is 2. The topological polar surface area (TPSA) is 85.4 Å². The summed E-state index contributed by atoms with van der Waals surface area (Å²) in [6.07, 6.45) is 1.80. The van der Waals surface area contributed by atoms with Gasteiger partial charge >= 0.3 is 0 Å². The molecule has 0 aliphatic rings. The van der Waals surface area contributed by atoms with Crippen LogP contribution in [-0.4, -0.2) is 49.3 Å². The molecule has 0 bridgehead atoms. The van der Waals surface area contributed by atoms with Gasteiger partial charge in [-0.1, -0.05) is 0 Å². The largest absolute Gasteiger partial charge is 0.478 e. The molecule has 0 aliphatic heterocycles. The van der Waals surface area contributed by atoms with Gasteiger partial charge in [0.25, 0.3) is 0 Å². The molecule has 19 heavy (non-hydrogen) atoms. The van der Waals surface area contributed by atoms with E-state index in [0.717, 1.165) is 0 Å². The van der Waals surface area contributed by atoms with E-state index >= 15 is 0 Å². The summed E-state index contributed by atoms with van der Waals surface area (Å²) in [4.78, 5) is 19.4. The molecule has 0 atom stereocenters. The first-order valence-electron chi connectivity index (χ1n) is 6.20. The van der Waals surface area contributed by atoms with Gasteiger partial charge in [-0.3, -0.25) is 4.79 Å². The van der Waals surface area contributed by atoms with Gasteiger partial charge < -0.3 is 20.1 Å². The Hall–Kier alpha value is -1.89. The van der Waals surface area contributed by atoms with Gasteiger partial charge in [0, 0.05) is 32.7 Å². The van der Waals surface area contributed by atoms with Crippen molar-refractivity contribution in [2.75, 3.05) is 38.7 Å². The standard InChI is InChI=1S/C12H20N4O3/c1-3-19-12-8-10(15-9-16-12)13-5-4-11(17)14-6-7-18-2/h8-9H,3-7H2,1-2H3,(H,14,17)(H,13,15,16). The fourth-order valence-corrected chi connectivity index (χ4v) is 1.35. The zero-order chi connectivity index (χ0) is 13.9. The number of nitrogens with one attached hydrogen (secondary N) is 2. The summed E-state index contributed by atoms with van der Waals surface area (Å²) in [5.41, 5.74) is 0. The normalized spacial score (nSPS) is 10.0. The van der Waals surface area contributed by atoms with E-state index in [1.54, 1.807) is 13.2 Å². The van der Waals surface area contributed by atoms with Crippen LogP contribution in [-0.2, 0) is 9.53 Å². The minimum atomic E-state index is -0.0244. The fraction of sp³-hybridized carbons (Fsp3) is 0.583. The van der Waals surface area contributed by atoms with Crippen LogP contribution in [0.5, 0.6) is 5.88 Å². The van der Waals surface area contributed by atoms with Gasteiger partial charge in [0.2, 0.25) is 11.8 Å². The van der Waals surface area contributed by atoms with Crippen LogP contribution in [0.3, 0.4) is 0 Å². The lowest BCUT2D eigenvalue weighted by Gasteiger charge is -2.07. The van der Waals surface area contributed by atoms with Crippen molar-refractivity contribution in [3.63, 3.8) is 0 Å². The Morgan fingerprint density at radius 1 is 1.37 bits per heavy atom. The van der Waals surface area contributed by atoms with Gasteiger partial charge in [0.1, 0.15) is 12.1 Å². The van der Waals surface area contributed by atoms with Crippen molar-refractivity contribution < 1.29 is 14.3 Å². The third-order valence-electron chi connectivity index (χ3n) is 2.22. The monoisotopic (exact) mass is 268 g/mol. The summed E-state index contributed by atoms with van der Waals surface area (Å²) in [6.45, 7) is 3.99. The van der Waals surface area contributed by atoms with Crippen LogP contribution >= 0.6 is 0 Å². The number of amides is 1. The van der Waals surface area contributed by atoms with Gasteiger partial charge in [0.05, 0.1) is 13.2 Å². The van der Waals surface area contributed by atoms with E-state index in [9.17, 15) is 4.79 Å².